The number of carbonyl (C=O) groups is 1. The summed E-state index contributed by atoms with van der Waals surface area (Å²) in [6, 6.07) is 9.10. The molecule has 8 heteroatoms. The Hall–Kier alpha value is -3.34. The number of nitriles is 1. The standard InChI is InChI=1S/C21H23N5O3/c1-12-7-9-26(10-8-12)21-24-18-17(20(28)25-21)16(15(11-22)19(27)23-18)13-3-5-14(29-2)6-4-13/h3-6,12,15-16H,7-10H2,1-2H3,(H2,23,24,25,27,28). The maximum absolute atomic E-state index is 13.1. The van der Waals surface area contributed by atoms with Crippen LogP contribution in [0.3, 0.4) is 0 Å². The summed E-state index contributed by atoms with van der Waals surface area (Å²) in [6.45, 7) is 3.82. The van der Waals surface area contributed by atoms with Gasteiger partial charge >= 0.3 is 0 Å². The molecular weight excluding hydrogens is 370 g/mol. The van der Waals surface area contributed by atoms with Gasteiger partial charge in [0.15, 0.2) is 0 Å². The molecule has 4 rings (SSSR count). The van der Waals surface area contributed by atoms with Crippen LogP contribution in [0.15, 0.2) is 29.1 Å². The van der Waals surface area contributed by atoms with Gasteiger partial charge in [-0.25, -0.2) is 0 Å². The van der Waals surface area contributed by atoms with Gasteiger partial charge in [0.1, 0.15) is 17.5 Å². The van der Waals surface area contributed by atoms with Crippen LogP contribution in [-0.4, -0.2) is 36.1 Å². The van der Waals surface area contributed by atoms with Crippen LogP contribution in [0.5, 0.6) is 5.75 Å². The second-order valence-electron chi connectivity index (χ2n) is 7.67. The first-order chi connectivity index (χ1) is 14.0. The average molecular weight is 393 g/mol. The van der Waals surface area contributed by atoms with E-state index in [1.807, 2.05) is 11.0 Å². The Labute approximate surface area is 168 Å². The van der Waals surface area contributed by atoms with Crippen molar-refractivity contribution >= 4 is 17.7 Å². The van der Waals surface area contributed by atoms with E-state index in [2.05, 4.69) is 22.2 Å². The number of piperidine rings is 1. The number of benzene rings is 1. The van der Waals surface area contributed by atoms with Crippen molar-refractivity contribution in [3.63, 3.8) is 0 Å². The highest BCUT2D eigenvalue weighted by molar-refractivity contribution is 5.98. The summed E-state index contributed by atoms with van der Waals surface area (Å²) in [4.78, 5) is 35.1. The molecule has 8 nitrogen and oxygen atoms in total. The number of nitrogens with one attached hydrogen (secondary N) is 2. The maximum Gasteiger partial charge on any atom is 0.258 e. The molecule has 0 aliphatic carbocycles. The lowest BCUT2D eigenvalue weighted by Crippen LogP contribution is -2.40. The Bertz CT molecular complexity index is 1020. The van der Waals surface area contributed by atoms with E-state index in [0.717, 1.165) is 25.9 Å². The van der Waals surface area contributed by atoms with Gasteiger partial charge in [0.05, 0.1) is 18.7 Å². The van der Waals surface area contributed by atoms with Crippen LogP contribution in [0.25, 0.3) is 0 Å². The molecule has 1 saturated heterocycles. The van der Waals surface area contributed by atoms with Crippen LogP contribution >= 0.6 is 0 Å². The lowest BCUT2D eigenvalue weighted by molar-refractivity contribution is -0.119. The number of fused-ring (bicyclic) bond motifs is 1. The van der Waals surface area contributed by atoms with Gasteiger partial charge in [0.2, 0.25) is 11.9 Å². The number of anilines is 2. The van der Waals surface area contributed by atoms with E-state index in [1.165, 1.54) is 0 Å². The summed E-state index contributed by atoms with van der Waals surface area (Å²) in [5.74, 6) is -0.154. The Balaban J connectivity index is 1.78. The zero-order valence-corrected chi connectivity index (χ0v) is 16.4. The van der Waals surface area contributed by atoms with Gasteiger partial charge in [-0.1, -0.05) is 19.1 Å². The largest absolute Gasteiger partial charge is 0.497 e. The van der Waals surface area contributed by atoms with E-state index in [-0.39, 0.29) is 11.4 Å². The summed E-state index contributed by atoms with van der Waals surface area (Å²) < 4.78 is 5.18. The van der Waals surface area contributed by atoms with Crippen molar-refractivity contribution in [2.45, 2.75) is 25.7 Å². The van der Waals surface area contributed by atoms with E-state index in [1.54, 1.807) is 31.4 Å². The molecule has 0 saturated carbocycles. The second-order valence-corrected chi connectivity index (χ2v) is 7.67. The first kappa shape index (κ1) is 19.0. The molecule has 2 unspecified atom stereocenters. The van der Waals surface area contributed by atoms with Crippen molar-refractivity contribution in [2.24, 2.45) is 11.8 Å². The average Bonchev–Trinajstić information content (AvgIpc) is 2.73. The minimum atomic E-state index is -1.01. The van der Waals surface area contributed by atoms with Gasteiger partial charge < -0.3 is 15.0 Å². The summed E-state index contributed by atoms with van der Waals surface area (Å²) in [5, 5.41) is 12.3. The van der Waals surface area contributed by atoms with Gasteiger partial charge in [0.25, 0.3) is 5.56 Å². The fraction of sp³-hybridized carbons (Fsp3) is 0.429. The van der Waals surface area contributed by atoms with Crippen molar-refractivity contribution in [1.82, 2.24) is 9.97 Å². The third-order valence-electron chi connectivity index (χ3n) is 5.81. The zero-order valence-electron chi connectivity index (χ0n) is 16.4. The molecule has 1 amide bonds. The smallest absolute Gasteiger partial charge is 0.258 e. The number of hydrogen-bond donors (Lipinski definition) is 2. The third kappa shape index (κ3) is 3.44. The summed E-state index contributed by atoms with van der Waals surface area (Å²) in [7, 11) is 1.56. The number of nitrogens with zero attached hydrogens (tertiary/aromatic N) is 3. The molecule has 2 aliphatic heterocycles. The predicted octanol–water partition coefficient (Wildman–Crippen LogP) is 2.24. The highest BCUT2D eigenvalue weighted by Crippen LogP contribution is 2.38. The van der Waals surface area contributed by atoms with Gasteiger partial charge in [-0.2, -0.15) is 10.2 Å². The number of hydrogen-bond acceptors (Lipinski definition) is 6. The molecule has 3 heterocycles. The van der Waals surface area contributed by atoms with Crippen molar-refractivity contribution in [1.29, 1.82) is 5.26 Å². The number of ether oxygens (including phenoxy) is 1. The second kappa shape index (κ2) is 7.59. The highest BCUT2D eigenvalue weighted by atomic mass is 16.5. The predicted molar refractivity (Wildman–Crippen MR) is 108 cm³/mol. The molecule has 1 aromatic carbocycles. The summed E-state index contributed by atoms with van der Waals surface area (Å²) >= 11 is 0. The Kier molecular flexibility index (Phi) is 4.97. The number of aromatic nitrogens is 2. The minimum Gasteiger partial charge on any atom is -0.497 e. The molecule has 2 aliphatic rings. The molecule has 150 valence electrons. The van der Waals surface area contributed by atoms with Crippen molar-refractivity contribution in [3.8, 4) is 11.8 Å². The Morgan fingerprint density at radius 2 is 1.90 bits per heavy atom. The molecule has 1 fully saturated rings. The van der Waals surface area contributed by atoms with Crippen LogP contribution in [-0.2, 0) is 4.79 Å². The van der Waals surface area contributed by atoms with Gasteiger partial charge in [-0.05, 0) is 36.5 Å². The topological polar surface area (TPSA) is 111 Å². The first-order valence-corrected chi connectivity index (χ1v) is 9.75. The van der Waals surface area contributed by atoms with Gasteiger partial charge in [-0.15, -0.1) is 0 Å². The number of rotatable bonds is 3. The van der Waals surface area contributed by atoms with Crippen LogP contribution in [0, 0.1) is 23.2 Å². The van der Waals surface area contributed by atoms with Crippen LogP contribution in [0.1, 0.15) is 36.8 Å². The number of carbonyl (C=O) groups excluding carboxylic acids is 1. The molecule has 29 heavy (non-hydrogen) atoms. The number of H-pyrrole nitrogens is 1. The number of aromatic amines is 1. The normalized spacial score (nSPS) is 21.8. The first-order valence-electron chi connectivity index (χ1n) is 9.75. The van der Waals surface area contributed by atoms with Crippen molar-refractivity contribution in [2.75, 3.05) is 30.4 Å². The molecular formula is C21H23N5O3. The van der Waals surface area contributed by atoms with Crippen LogP contribution in [0.2, 0.25) is 0 Å². The molecule has 1 aromatic heterocycles. The fourth-order valence-corrected chi connectivity index (χ4v) is 4.04. The van der Waals surface area contributed by atoms with E-state index in [4.69, 9.17) is 4.74 Å². The monoisotopic (exact) mass is 393 g/mol. The van der Waals surface area contributed by atoms with E-state index in [9.17, 15) is 14.9 Å². The third-order valence-corrected chi connectivity index (χ3v) is 5.81. The Morgan fingerprint density at radius 1 is 1.21 bits per heavy atom. The molecule has 0 bridgehead atoms. The van der Waals surface area contributed by atoms with E-state index < -0.39 is 17.7 Å². The summed E-state index contributed by atoms with van der Waals surface area (Å²) in [6.07, 6.45) is 2.05. The van der Waals surface area contributed by atoms with Gasteiger partial charge in [-0.3, -0.25) is 14.6 Å². The van der Waals surface area contributed by atoms with Crippen LogP contribution in [0.4, 0.5) is 11.8 Å². The summed E-state index contributed by atoms with van der Waals surface area (Å²) in [5.41, 5.74) is 0.681. The minimum absolute atomic E-state index is 0.236. The SMILES string of the molecule is COc1ccc(C2c3c(nc(N4CCC(C)CC4)[nH]c3=O)NC(=O)C2C#N)cc1. The number of amides is 1. The molecule has 2 aromatic rings. The zero-order chi connectivity index (χ0) is 20.5. The molecule has 2 N–H and O–H groups in total. The highest BCUT2D eigenvalue weighted by Gasteiger charge is 2.40. The molecule has 2 atom stereocenters. The fourth-order valence-electron chi connectivity index (χ4n) is 4.04. The number of methoxy groups -OCH3 is 1. The lowest BCUT2D eigenvalue weighted by atomic mass is 9.79. The quantitative estimate of drug-likeness (QED) is 0.827. The molecule has 0 radical (unpaired) electrons. The van der Waals surface area contributed by atoms with E-state index >= 15 is 0 Å². The lowest BCUT2D eigenvalue weighted by Gasteiger charge is -2.33. The van der Waals surface area contributed by atoms with Crippen molar-refractivity contribution < 1.29 is 9.53 Å². The Morgan fingerprint density at radius 3 is 2.52 bits per heavy atom. The van der Waals surface area contributed by atoms with Gasteiger partial charge in [0, 0.05) is 19.0 Å². The maximum atomic E-state index is 13.1. The van der Waals surface area contributed by atoms with Crippen molar-refractivity contribution in [3.05, 3.63) is 45.7 Å². The van der Waals surface area contributed by atoms with Crippen LogP contribution < -0.4 is 20.5 Å². The molecule has 0 spiro atoms. The van der Waals surface area contributed by atoms with E-state index in [0.29, 0.717) is 28.7 Å².